The zero-order valence-electron chi connectivity index (χ0n) is 17.3. The molecule has 2 N–H and O–H groups in total. The van der Waals surface area contributed by atoms with E-state index in [1.165, 1.54) is 25.0 Å². The molecule has 0 aromatic heterocycles. The Morgan fingerprint density at radius 2 is 2.07 bits per heavy atom. The first kappa shape index (κ1) is 21.2. The average molecular weight is 421 g/mol. The molecule has 1 aliphatic carbocycles. The number of halogens is 2. The highest BCUT2D eigenvalue weighted by Gasteiger charge is 2.47. The second kappa shape index (κ2) is 8.59. The number of hydrazine groups is 1. The van der Waals surface area contributed by atoms with Crippen LogP contribution < -0.4 is 10.9 Å². The van der Waals surface area contributed by atoms with Crippen molar-refractivity contribution < 1.29 is 23.1 Å². The summed E-state index contributed by atoms with van der Waals surface area (Å²) in [6, 6.07) is 3.37. The Labute approximate surface area is 175 Å². The van der Waals surface area contributed by atoms with E-state index in [1.54, 1.807) is 11.8 Å². The van der Waals surface area contributed by atoms with E-state index in [0.717, 1.165) is 12.5 Å². The zero-order chi connectivity index (χ0) is 21.3. The second-order valence-corrected chi connectivity index (χ2v) is 8.80. The molecule has 1 aromatic rings. The van der Waals surface area contributed by atoms with Crippen LogP contribution in [0.15, 0.2) is 18.2 Å². The van der Waals surface area contributed by atoms with Gasteiger partial charge in [0.15, 0.2) is 0 Å². The number of carbonyl (C=O) groups excluding carboxylic acids is 2. The molecule has 3 aliphatic rings. The maximum absolute atomic E-state index is 14.4. The molecule has 3 fully saturated rings. The zero-order valence-corrected chi connectivity index (χ0v) is 17.3. The molecule has 6 nitrogen and oxygen atoms in total. The Hall–Kier alpha value is -2.06. The molecule has 0 bridgehead atoms. The monoisotopic (exact) mass is 421 g/mol. The Balaban J connectivity index is 1.52. The maximum Gasteiger partial charge on any atom is 0.314 e. The predicted molar refractivity (Wildman–Crippen MR) is 106 cm³/mol. The quantitative estimate of drug-likeness (QED) is 0.690. The van der Waals surface area contributed by atoms with Gasteiger partial charge in [-0.05, 0) is 63.0 Å². The van der Waals surface area contributed by atoms with Crippen molar-refractivity contribution in [2.75, 3.05) is 19.7 Å². The molecule has 4 rings (SSSR count). The Morgan fingerprint density at radius 1 is 1.27 bits per heavy atom. The highest BCUT2D eigenvalue weighted by atomic mass is 19.1. The molecule has 30 heavy (non-hydrogen) atoms. The van der Waals surface area contributed by atoms with E-state index >= 15 is 0 Å². The van der Waals surface area contributed by atoms with Crippen LogP contribution >= 0.6 is 0 Å². The van der Waals surface area contributed by atoms with Crippen LogP contribution in [0.25, 0.3) is 0 Å². The van der Waals surface area contributed by atoms with Crippen LogP contribution in [0.2, 0.25) is 0 Å². The summed E-state index contributed by atoms with van der Waals surface area (Å²) >= 11 is 0. The lowest BCUT2D eigenvalue weighted by Crippen LogP contribution is -2.55. The van der Waals surface area contributed by atoms with Crippen LogP contribution in [0.4, 0.5) is 8.78 Å². The highest BCUT2D eigenvalue weighted by molar-refractivity contribution is 5.84. The van der Waals surface area contributed by atoms with Gasteiger partial charge in [-0.1, -0.05) is 6.07 Å². The fourth-order valence-corrected chi connectivity index (χ4v) is 4.79. The number of rotatable bonds is 6. The van der Waals surface area contributed by atoms with Gasteiger partial charge in [0.2, 0.25) is 5.91 Å². The van der Waals surface area contributed by atoms with Crippen LogP contribution in [-0.4, -0.2) is 48.6 Å². The van der Waals surface area contributed by atoms with E-state index < -0.39 is 23.0 Å². The van der Waals surface area contributed by atoms with Crippen LogP contribution in [0.1, 0.15) is 44.6 Å². The molecule has 3 unspecified atom stereocenters. The lowest BCUT2D eigenvalue weighted by molar-refractivity contribution is -0.161. The first-order chi connectivity index (χ1) is 14.4. The Morgan fingerprint density at radius 3 is 2.77 bits per heavy atom. The van der Waals surface area contributed by atoms with Gasteiger partial charge in [-0.2, -0.15) is 0 Å². The first-order valence-electron chi connectivity index (χ1n) is 10.8. The maximum atomic E-state index is 14.4. The fraction of sp³-hybridized carbons (Fsp3) is 0.636. The molecule has 3 atom stereocenters. The van der Waals surface area contributed by atoms with Gasteiger partial charge < -0.3 is 9.64 Å². The number of esters is 1. The number of likely N-dealkylation sites (tertiary alicyclic amines) is 1. The van der Waals surface area contributed by atoms with E-state index in [4.69, 9.17) is 4.74 Å². The SMILES string of the molecule is CCOC(=O)C1(Cc2ccc(F)cc2F)CCCN(C(=O)C2CC(C3CC3)NN2)C1. The van der Waals surface area contributed by atoms with Crippen LogP contribution in [-0.2, 0) is 20.7 Å². The normalized spacial score (nSPS) is 29.1. The lowest BCUT2D eigenvalue weighted by Gasteiger charge is -2.41. The van der Waals surface area contributed by atoms with E-state index in [2.05, 4.69) is 10.9 Å². The molecule has 1 aromatic carbocycles. The van der Waals surface area contributed by atoms with Crippen LogP contribution in [0.3, 0.4) is 0 Å². The van der Waals surface area contributed by atoms with Gasteiger partial charge in [-0.3, -0.25) is 15.0 Å². The lowest BCUT2D eigenvalue weighted by atomic mass is 9.74. The number of carbonyl (C=O) groups is 2. The van der Waals surface area contributed by atoms with E-state index in [0.29, 0.717) is 31.3 Å². The van der Waals surface area contributed by atoms with Crippen molar-refractivity contribution in [2.45, 2.75) is 57.5 Å². The smallest absolute Gasteiger partial charge is 0.314 e. The van der Waals surface area contributed by atoms with Crippen LogP contribution in [0, 0.1) is 23.0 Å². The molecule has 2 aliphatic heterocycles. The third-order valence-corrected chi connectivity index (χ3v) is 6.56. The summed E-state index contributed by atoms with van der Waals surface area (Å²) in [7, 11) is 0. The number of hydrogen-bond donors (Lipinski definition) is 2. The minimum absolute atomic E-state index is 0.0430. The minimum Gasteiger partial charge on any atom is -0.466 e. The van der Waals surface area contributed by atoms with Gasteiger partial charge >= 0.3 is 5.97 Å². The van der Waals surface area contributed by atoms with Crippen molar-refractivity contribution in [2.24, 2.45) is 11.3 Å². The summed E-state index contributed by atoms with van der Waals surface area (Å²) in [6.07, 6.45) is 4.31. The van der Waals surface area contributed by atoms with E-state index in [9.17, 15) is 18.4 Å². The summed E-state index contributed by atoms with van der Waals surface area (Å²) < 4.78 is 33.0. The van der Waals surface area contributed by atoms with Gasteiger partial charge in [0.1, 0.15) is 17.7 Å². The summed E-state index contributed by atoms with van der Waals surface area (Å²) in [5.41, 5.74) is 5.56. The number of amides is 1. The number of nitrogens with one attached hydrogen (secondary N) is 2. The number of ether oxygens (including phenoxy) is 1. The predicted octanol–water partition coefficient (Wildman–Crippen LogP) is 2.32. The average Bonchev–Trinajstić information content (AvgIpc) is 3.47. The van der Waals surface area contributed by atoms with E-state index in [1.807, 2.05) is 0 Å². The van der Waals surface area contributed by atoms with Gasteiger partial charge in [-0.25, -0.2) is 14.2 Å². The molecule has 0 spiro atoms. The Kier molecular flexibility index (Phi) is 6.06. The summed E-state index contributed by atoms with van der Waals surface area (Å²) in [4.78, 5) is 27.8. The van der Waals surface area contributed by atoms with Gasteiger partial charge in [0.25, 0.3) is 0 Å². The van der Waals surface area contributed by atoms with Crippen molar-refractivity contribution in [1.29, 1.82) is 0 Å². The third-order valence-electron chi connectivity index (χ3n) is 6.56. The van der Waals surface area contributed by atoms with Crippen molar-refractivity contribution in [3.63, 3.8) is 0 Å². The first-order valence-corrected chi connectivity index (χ1v) is 10.8. The highest BCUT2D eigenvalue weighted by Crippen LogP contribution is 2.38. The molecule has 8 heteroatoms. The van der Waals surface area contributed by atoms with Crippen LogP contribution in [0.5, 0.6) is 0 Å². The number of hydrogen-bond acceptors (Lipinski definition) is 5. The molecule has 1 amide bonds. The third kappa shape index (κ3) is 4.34. The summed E-state index contributed by atoms with van der Waals surface area (Å²) in [6.45, 7) is 2.66. The van der Waals surface area contributed by atoms with Gasteiger partial charge in [-0.15, -0.1) is 0 Å². The summed E-state index contributed by atoms with van der Waals surface area (Å²) in [5.74, 6) is -1.18. The van der Waals surface area contributed by atoms with Crippen molar-refractivity contribution >= 4 is 11.9 Å². The Bertz CT molecular complexity index is 817. The minimum atomic E-state index is -1.04. The standard InChI is InChI=1S/C22H29F2N3O3/c1-2-30-21(29)22(12-15-6-7-16(23)10-17(15)24)8-3-9-27(13-22)20(28)19-11-18(25-26-19)14-4-5-14/h6-7,10,14,18-19,25-26H,2-5,8-9,11-13H2,1H3. The van der Waals surface area contributed by atoms with Gasteiger partial charge in [0, 0.05) is 25.2 Å². The largest absolute Gasteiger partial charge is 0.466 e. The van der Waals surface area contributed by atoms with Gasteiger partial charge in [0.05, 0.1) is 12.0 Å². The molecule has 0 radical (unpaired) electrons. The fourth-order valence-electron chi connectivity index (χ4n) is 4.79. The molecule has 164 valence electrons. The van der Waals surface area contributed by atoms with Crippen molar-refractivity contribution in [3.8, 4) is 0 Å². The topological polar surface area (TPSA) is 70.7 Å². The molecule has 2 saturated heterocycles. The number of piperidine rings is 1. The number of nitrogens with zero attached hydrogens (tertiary/aromatic N) is 1. The molecular formula is C22H29F2N3O3. The van der Waals surface area contributed by atoms with E-state index in [-0.39, 0.29) is 37.1 Å². The second-order valence-electron chi connectivity index (χ2n) is 8.80. The van der Waals surface area contributed by atoms with Crippen molar-refractivity contribution in [3.05, 3.63) is 35.4 Å². The number of benzene rings is 1. The molecule has 2 heterocycles. The van der Waals surface area contributed by atoms with Crippen molar-refractivity contribution in [1.82, 2.24) is 15.8 Å². The molecular weight excluding hydrogens is 392 g/mol. The molecule has 1 saturated carbocycles. The summed E-state index contributed by atoms with van der Waals surface area (Å²) in [5, 5.41) is 0.